The van der Waals surface area contributed by atoms with Crippen molar-refractivity contribution in [3.05, 3.63) is 79.2 Å². The van der Waals surface area contributed by atoms with Crippen molar-refractivity contribution in [1.82, 2.24) is 0 Å². The molecule has 2 atom stereocenters. The predicted molar refractivity (Wildman–Crippen MR) is 142 cm³/mol. The molecule has 0 saturated heterocycles. The molecule has 4 heteroatoms. The number of hydrogen-bond acceptors (Lipinski definition) is 4. The van der Waals surface area contributed by atoms with Crippen molar-refractivity contribution in [2.24, 2.45) is 11.8 Å². The number of allylic oxidation sites excluding steroid dienone is 4. The molecule has 0 saturated carbocycles. The zero-order valence-electron chi connectivity index (χ0n) is 18.1. The fraction of sp³-hybridized carbons (Fsp3) is 0.259. The highest BCUT2D eigenvalue weighted by atomic mass is 32.1. The summed E-state index contributed by atoms with van der Waals surface area (Å²) in [5.41, 5.74) is 6.15. The molecule has 31 heavy (non-hydrogen) atoms. The van der Waals surface area contributed by atoms with Crippen LogP contribution in [0.4, 0.5) is 0 Å². The Morgan fingerprint density at radius 2 is 1.03 bits per heavy atom. The van der Waals surface area contributed by atoms with E-state index in [1.165, 1.54) is 56.6 Å². The van der Waals surface area contributed by atoms with E-state index in [4.69, 9.17) is 0 Å². The topological polar surface area (TPSA) is 0 Å². The molecule has 0 amide bonds. The predicted octanol–water partition coefficient (Wildman–Crippen LogP) is 9.62. The van der Waals surface area contributed by atoms with Gasteiger partial charge in [-0.2, -0.15) is 0 Å². The zero-order valence-corrected chi connectivity index (χ0v) is 21.4. The highest BCUT2D eigenvalue weighted by Gasteiger charge is 2.38. The Hall–Kier alpha value is -1.72. The second-order valence-electron chi connectivity index (χ2n) is 8.64. The Morgan fingerprint density at radius 3 is 1.42 bits per heavy atom. The minimum absolute atomic E-state index is 0.568. The van der Waals surface area contributed by atoms with E-state index in [0.717, 1.165) is 0 Å². The summed E-state index contributed by atoms with van der Waals surface area (Å²) in [5.74, 6) is 1.14. The van der Waals surface area contributed by atoms with Gasteiger partial charge in [-0.3, -0.25) is 0 Å². The summed E-state index contributed by atoms with van der Waals surface area (Å²) in [6.45, 7) is 9.01. The number of hydrogen-bond donors (Lipinski definition) is 0. The Morgan fingerprint density at radius 1 is 0.581 bits per heavy atom. The molecule has 2 bridgehead atoms. The van der Waals surface area contributed by atoms with Crippen LogP contribution in [0.25, 0.3) is 30.7 Å². The Labute approximate surface area is 200 Å². The molecule has 2 aliphatic rings. The lowest BCUT2D eigenvalue weighted by Gasteiger charge is -2.17. The SMILES string of the molecule is Cc1ccc(-c2cc(C3=C(c4cc(-c5ccc(C)s5)sc4C)C4C=CC3C4)c(C)s2)s1. The number of aryl methyl sites for hydroxylation is 4. The second-order valence-corrected chi connectivity index (χ2v) is 13.7. The lowest BCUT2D eigenvalue weighted by molar-refractivity contribution is 0.746. The van der Waals surface area contributed by atoms with Crippen LogP contribution in [0.1, 0.15) is 37.1 Å². The average molecular weight is 477 g/mol. The second kappa shape index (κ2) is 7.41. The smallest absolute Gasteiger partial charge is 0.0451 e. The van der Waals surface area contributed by atoms with E-state index in [9.17, 15) is 0 Å². The molecule has 4 heterocycles. The first-order valence-corrected chi connectivity index (χ1v) is 14.0. The van der Waals surface area contributed by atoms with E-state index in [1.807, 2.05) is 45.3 Å². The van der Waals surface area contributed by atoms with E-state index >= 15 is 0 Å². The summed E-state index contributed by atoms with van der Waals surface area (Å²) in [7, 11) is 0. The molecule has 0 fully saturated rings. The molecule has 156 valence electrons. The molecule has 0 N–H and O–H groups in total. The third-order valence-electron chi connectivity index (χ3n) is 6.50. The van der Waals surface area contributed by atoms with Crippen LogP contribution in [-0.4, -0.2) is 0 Å². The van der Waals surface area contributed by atoms with Gasteiger partial charge in [0.1, 0.15) is 0 Å². The molecule has 0 aliphatic heterocycles. The maximum Gasteiger partial charge on any atom is 0.0451 e. The number of thiophene rings is 4. The lowest BCUT2D eigenvalue weighted by Crippen LogP contribution is -1.98. The van der Waals surface area contributed by atoms with Crippen LogP contribution in [-0.2, 0) is 0 Å². The fourth-order valence-electron chi connectivity index (χ4n) is 5.09. The normalized spacial score (nSPS) is 19.9. The van der Waals surface area contributed by atoms with Crippen LogP contribution in [0.2, 0.25) is 0 Å². The largest absolute Gasteiger partial charge is 0.140 e. The van der Waals surface area contributed by atoms with Crippen molar-refractivity contribution in [3.63, 3.8) is 0 Å². The molecule has 0 nitrogen and oxygen atoms in total. The Kier molecular flexibility index (Phi) is 4.77. The standard InChI is InChI=1S/C27H24S4/c1-14-5-9-22(28-14)24-12-20(16(3)30-24)26-18-7-8-19(11-18)27(26)21-13-25(31-17(21)4)23-10-6-15(2)29-23/h5-10,12-13,18-19H,11H2,1-4H3. The van der Waals surface area contributed by atoms with Gasteiger partial charge >= 0.3 is 0 Å². The fourth-order valence-corrected chi connectivity index (χ4v) is 9.06. The maximum atomic E-state index is 2.47. The van der Waals surface area contributed by atoms with Crippen molar-refractivity contribution >= 4 is 56.5 Å². The average Bonchev–Trinajstić information content (AvgIpc) is 3.53. The van der Waals surface area contributed by atoms with E-state index in [0.29, 0.717) is 11.8 Å². The summed E-state index contributed by atoms with van der Waals surface area (Å²) in [6.07, 6.45) is 6.16. The summed E-state index contributed by atoms with van der Waals surface area (Å²) in [5, 5.41) is 0. The van der Waals surface area contributed by atoms with Gasteiger partial charge < -0.3 is 0 Å². The first-order valence-electron chi connectivity index (χ1n) is 10.8. The molecule has 2 unspecified atom stereocenters. The molecule has 6 rings (SSSR count). The van der Waals surface area contributed by atoms with E-state index in [1.54, 1.807) is 11.1 Å². The van der Waals surface area contributed by atoms with Crippen molar-refractivity contribution in [2.75, 3.05) is 0 Å². The van der Waals surface area contributed by atoms with Gasteiger partial charge in [-0.1, -0.05) is 12.2 Å². The Bertz CT molecular complexity index is 1260. The van der Waals surface area contributed by atoms with Crippen molar-refractivity contribution in [1.29, 1.82) is 0 Å². The minimum atomic E-state index is 0.568. The van der Waals surface area contributed by atoms with Crippen molar-refractivity contribution < 1.29 is 0 Å². The van der Waals surface area contributed by atoms with Crippen LogP contribution in [0.5, 0.6) is 0 Å². The maximum absolute atomic E-state index is 2.47. The summed E-state index contributed by atoms with van der Waals surface area (Å²) >= 11 is 7.73. The molecule has 0 spiro atoms. The van der Waals surface area contributed by atoms with E-state index in [2.05, 4.69) is 76.2 Å². The number of rotatable bonds is 4. The molecular weight excluding hydrogens is 453 g/mol. The molecule has 4 aromatic rings. The third-order valence-corrected chi connectivity index (χ3v) is 11.0. The van der Waals surface area contributed by atoms with Crippen molar-refractivity contribution in [3.8, 4) is 19.5 Å². The zero-order chi connectivity index (χ0) is 21.3. The highest BCUT2D eigenvalue weighted by Crippen LogP contribution is 2.56. The van der Waals surface area contributed by atoms with Gasteiger partial charge in [-0.15, -0.1) is 45.3 Å². The van der Waals surface area contributed by atoms with E-state index in [-0.39, 0.29) is 0 Å². The van der Waals surface area contributed by atoms with Crippen LogP contribution in [0.3, 0.4) is 0 Å². The van der Waals surface area contributed by atoms with Gasteiger partial charge in [0.2, 0.25) is 0 Å². The van der Waals surface area contributed by atoms with Crippen LogP contribution >= 0.6 is 45.3 Å². The van der Waals surface area contributed by atoms with Gasteiger partial charge in [-0.05, 0) is 92.8 Å². The minimum Gasteiger partial charge on any atom is -0.140 e. The van der Waals surface area contributed by atoms with Gasteiger partial charge in [-0.25, -0.2) is 0 Å². The highest BCUT2D eigenvalue weighted by molar-refractivity contribution is 7.22. The Balaban J connectivity index is 1.49. The van der Waals surface area contributed by atoms with Gasteiger partial charge in [0.15, 0.2) is 0 Å². The third kappa shape index (κ3) is 3.27. The van der Waals surface area contributed by atoms with E-state index < -0.39 is 0 Å². The van der Waals surface area contributed by atoms with Gasteiger partial charge in [0.25, 0.3) is 0 Å². The molecule has 0 aromatic carbocycles. The van der Waals surface area contributed by atoms with Crippen molar-refractivity contribution in [2.45, 2.75) is 34.1 Å². The molecule has 2 aliphatic carbocycles. The summed E-state index contributed by atoms with van der Waals surface area (Å²) in [6, 6.07) is 14.0. The number of fused-ring (bicyclic) bond motifs is 2. The van der Waals surface area contributed by atoms with Gasteiger partial charge in [0, 0.05) is 50.9 Å². The summed E-state index contributed by atoms with van der Waals surface area (Å²) in [4.78, 5) is 11.3. The molecule has 4 aromatic heterocycles. The monoisotopic (exact) mass is 476 g/mol. The van der Waals surface area contributed by atoms with Crippen LogP contribution in [0.15, 0.2) is 48.6 Å². The first kappa shape index (κ1) is 19.9. The summed E-state index contributed by atoms with van der Waals surface area (Å²) < 4.78 is 0. The van der Waals surface area contributed by atoms with Crippen LogP contribution < -0.4 is 0 Å². The van der Waals surface area contributed by atoms with Gasteiger partial charge in [0.05, 0.1) is 0 Å². The first-order chi connectivity index (χ1) is 15.0. The quantitative estimate of drug-likeness (QED) is 0.257. The van der Waals surface area contributed by atoms with Crippen LogP contribution in [0, 0.1) is 39.5 Å². The molecule has 0 radical (unpaired) electrons. The lowest BCUT2D eigenvalue weighted by atomic mass is 9.87. The molecular formula is C27H24S4.